The monoisotopic (exact) mass is 390 g/mol. The van der Waals surface area contributed by atoms with Gasteiger partial charge in [0.25, 0.3) is 0 Å². The summed E-state index contributed by atoms with van der Waals surface area (Å²) in [6.45, 7) is 8.25. The molecule has 0 N–H and O–H groups in total. The second kappa shape index (κ2) is 7.24. The normalized spacial score (nSPS) is 12.0. The first kappa shape index (κ1) is 18.4. The second-order valence-electron chi connectivity index (χ2n) is 6.93. The Kier molecular flexibility index (Phi) is 4.77. The zero-order valence-corrected chi connectivity index (χ0v) is 17.5. The summed E-state index contributed by atoms with van der Waals surface area (Å²) in [7, 11) is 1.66. The molecule has 0 bridgehead atoms. The van der Waals surface area contributed by atoms with Crippen molar-refractivity contribution in [2.75, 3.05) is 7.11 Å². The molecule has 0 spiro atoms. The molecule has 0 atom stereocenters. The number of ether oxygens (including phenoxy) is 1. The van der Waals surface area contributed by atoms with Gasteiger partial charge in [0.1, 0.15) is 17.1 Å². The smallest absolute Gasteiger partial charge is 0.210 e. The number of hydrogen-bond donors (Lipinski definition) is 0. The van der Waals surface area contributed by atoms with Crippen LogP contribution in [0.25, 0.3) is 22.3 Å². The standard InChI is InChI=1S/C23H22N2O2S/c1-13-10-14(2)22-19(25-23-24-15(3)16(4)28-23)12-20(27-21(22)11-13)17-6-8-18(26-5)9-7-17/h6-12H,1-5H3/b25-19+. The maximum Gasteiger partial charge on any atom is 0.210 e. The number of benzene rings is 2. The number of methoxy groups -OCH3 is 1. The van der Waals surface area contributed by atoms with Gasteiger partial charge >= 0.3 is 0 Å². The third-order valence-corrected chi connectivity index (χ3v) is 5.76. The van der Waals surface area contributed by atoms with Crippen molar-refractivity contribution in [2.24, 2.45) is 4.99 Å². The van der Waals surface area contributed by atoms with Crippen LogP contribution in [0.15, 0.2) is 51.9 Å². The molecule has 0 aliphatic rings. The molecule has 0 saturated carbocycles. The zero-order chi connectivity index (χ0) is 19.8. The summed E-state index contributed by atoms with van der Waals surface area (Å²) < 4.78 is 11.5. The summed E-state index contributed by atoms with van der Waals surface area (Å²) in [5, 5.41) is 2.66. The van der Waals surface area contributed by atoms with Gasteiger partial charge in [0.05, 0.1) is 18.2 Å². The van der Waals surface area contributed by atoms with Crippen molar-refractivity contribution in [3.63, 3.8) is 0 Å². The third-order valence-electron chi connectivity index (χ3n) is 4.80. The topological polar surface area (TPSA) is 47.6 Å². The Balaban J connectivity index is 2.00. The van der Waals surface area contributed by atoms with Crippen LogP contribution in [0, 0.1) is 27.7 Å². The van der Waals surface area contributed by atoms with Crippen molar-refractivity contribution < 1.29 is 9.15 Å². The molecule has 0 saturated heterocycles. The van der Waals surface area contributed by atoms with Gasteiger partial charge in [0.2, 0.25) is 5.13 Å². The van der Waals surface area contributed by atoms with Gasteiger partial charge in [-0.15, -0.1) is 0 Å². The number of rotatable bonds is 3. The highest BCUT2D eigenvalue weighted by atomic mass is 32.1. The van der Waals surface area contributed by atoms with Gasteiger partial charge in [0.15, 0.2) is 0 Å². The van der Waals surface area contributed by atoms with Gasteiger partial charge in [-0.3, -0.25) is 0 Å². The lowest BCUT2D eigenvalue weighted by atomic mass is 10.0. The SMILES string of the molecule is COc1ccc(-c2c/c(=N\c3nc(C)c(C)s3)c3c(C)cc(C)cc3o2)cc1. The van der Waals surface area contributed by atoms with Gasteiger partial charge in [0, 0.05) is 21.9 Å². The summed E-state index contributed by atoms with van der Waals surface area (Å²) in [5.41, 5.74) is 5.13. The van der Waals surface area contributed by atoms with E-state index in [0.29, 0.717) is 0 Å². The maximum absolute atomic E-state index is 6.27. The van der Waals surface area contributed by atoms with E-state index in [1.54, 1.807) is 18.4 Å². The third kappa shape index (κ3) is 3.45. The van der Waals surface area contributed by atoms with E-state index in [1.165, 1.54) is 4.88 Å². The average Bonchev–Trinajstić information content (AvgIpc) is 2.98. The van der Waals surface area contributed by atoms with Gasteiger partial charge in [-0.25, -0.2) is 9.98 Å². The summed E-state index contributed by atoms with van der Waals surface area (Å²) in [6.07, 6.45) is 0. The Hall–Kier alpha value is -2.92. The molecule has 0 amide bonds. The fourth-order valence-corrected chi connectivity index (χ4v) is 4.07. The van der Waals surface area contributed by atoms with Gasteiger partial charge in [-0.1, -0.05) is 17.4 Å². The van der Waals surface area contributed by atoms with Crippen molar-refractivity contribution in [1.82, 2.24) is 4.98 Å². The number of fused-ring (bicyclic) bond motifs is 1. The van der Waals surface area contributed by atoms with Crippen LogP contribution in [0.5, 0.6) is 5.75 Å². The number of nitrogens with zero attached hydrogens (tertiary/aromatic N) is 2. The van der Waals surface area contributed by atoms with Gasteiger partial charge < -0.3 is 9.15 Å². The fourth-order valence-electron chi connectivity index (χ4n) is 3.27. The van der Waals surface area contributed by atoms with Crippen LogP contribution >= 0.6 is 11.3 Å². The molecule has 0 radical (unpaired) electrons. The summed E-state index contributed by atoms with van der Waals surface area (Å²) in [5.74, 6) is 1.58. The van der Waals surface area contributed by atoms with Crippen molar-refractivity contribution in [3.05, 3.63) is 69.5 Å². The Morgan fingerprint density at radius 2 is 1.75 bits per heavy atom. The molecule has 4 aromatic rings. The number of hydrogen-bond acceptors (Lipinski definition) is 5. The molecule has 4 rings (SSSR count). The van der Waals surface area contributed by atoms with Crippen LogP contribution in [-0.2, 0) is 0 Å². The lowest BCUT2D eigenvalue weighted by Gasteiger charge is -2.08. The van der Waals surface area contributed by atoms with Crippen LogP contribution in [0.4, 0.5) is 5.13 Å². The molecule has 0 unspecified atom stereocenters. The van der Waals surface area contributed by atoms with Crippen LogP contribution < -0.4 is 10.1 Å². The first-order valence-electron chi connectivity index (χ1n) is 9.13. The highest BCUT2D eigenvalue weighted by molar-refractivity contribution is 7.15. The van der Waals surface area contributed by atoms with E-state index in [2.05, 4.69) is 37.9 Å². The Bertz CT molecular complexity index is 1210. The molecule has 2 aromatic heterocycles. The zero-order valence-electron chi connectivity index (χ0n) is 16.7. The van der Waals surface area contributed by atoms with Crippen molar-refractivity contribution in [1.29, 1.82) is 0 Å². The summed E-state index contributed by atoms with van der Waals surface area (Å²) >= 11 is 1.61. The molecular weight excluding hydrogens is 368 g/mol. The molecule has 2 heterocycles. The van der Waals surface area contributed by atoms with E-state index in [4.69, 9.17) is 14.1 Å². The molecule has 2 aromatic carbocycles. The quantitative estimate of drug-likeness (QED) is 0.429. The minimum Gasteiger partial charge on any atom is -0.497 e. The Morgan fingerprint density at radius 3 is 2.39 bits per heavy atom. The Labute approximate surface area is 168 Å². The number of aromatic nitrogens is 1. The maximum atomic E-state index is 6.27. The predicted octanol–water partition coefficient (Wildman–Crippen LogP) is 6.03. The molecule has 5 heteroatoms. The highest BCUT2D eigenvalue weighted by Gasteiger charge is 2.10. The van der Waals surface area contributed by atoms with Crippen molar-refractivity contribution >= 4 is 27.4 Å². The van der Waals surface area contributed by atoms with E-state index in [1.807, 2.05) is 37.3 Å². The summed E-state index contributed by atoms with van der Waals surface area (Å²) in [4.78, 5) is 10.7. The highest BCUT2D eigenvalue weighted by Crippen LogP contribution is 2.28. The second-order valence-corrected chi connectivity index (χ2v) is 8.11. The van der Waals surface area contributed by atoms with Crippen LogP contribution in [0.3, 0.4) is 0 Å². The molecule has 0 aliphatic heterocycles. The van der Waals surface area contributed by atoms with E-state index in [-0.39, 0.29) is 0 Å². The fraction of sp³-hybridized carbons (Fsp3) is 0.217. The predicted molar refractivity (Wildman–Crippen MR) is 114 cm³/mol. The number of thiazole rings is 1. The molecule has 0 fully saturated rings. The largest absolute Gasteiger partial charge is 0.497 e. The Morgan fingerprint density at radius 1 is 1.00 bits per heavy atom. The van der Waals surface area contributed by atoms with E-state index in [0.717, 1.165) is 55.4 Å². The van der Waals surface area contributed by atoms with Crippen LogP contribution in [0.2, 0.25) is 0 Å². The summed E-state index contributed by atoms with van der Waals surface area (Å²) in [6, 6.07) is 14.1. The van der Waals surface area contributed by atoms with E-state index in [9.17, 15) is 0 Å². The van der Waals surface area contributed by atoms with Gasteiger partial charge in [-0.2, -0.15) is 0 Å². The lowest BCUT2D eigenvalue weighted by Crippen LogP contribution is -2.05. The average molecular weight is 391 g/mol. The minimum atomic E-state index is 0.767. The van der Waals surface area contributed by atoms with Crippen LogP contribution in [0.1, 0.15) is 21.7 Å². The van der Waals surface area contributed by atoms with Crippen molar-refractivity contribution in [3.8, 4) is 17.1 Å². The molecule has 4 nitrogen and oxygen atoms in total. The molecular formula is C23H22N2O2S. The van der Waals surface area contributed by atoms with Gasteiger partial charge in [-0.05, 0) is 69.2 Å². The van der Waals surface area contributed by atoms with E-state index >= 15 is 0 Å². The first-order valence-corrected chi connectivity index (χ1v) is 9.94. The molecule has 28 heavy (non-hydrogen) atoms. The molecule has 0 aliphatic carbocycles. The first-order chi connectivity index (χ1) is 13.4. The van der Waals surface area contributed by atoms with Crippen LogP contribution in [-0.4, -0.2) is 12.1 Å². The number of aryl methyl sites for hydroxylation is 4. The van der Waals surface area contributed by atoms with E-state index < -0.39 is 0 Å². The van der Waals surface area contributed by atoms with Crippen molar-refractivity contribution in [2.45, 2.75) is 27.7 Å². The lowest BCUT2D eigenvalue weighted by molar-refractivity contribution is 0.415. The molecule has 142 valence electrons. The minimum absolute atomic E-state index is 0.767.